The summed E-state index contributed by atoms with van der Waals surface area (Å²) in [7, 11) is 0. The molecule has 31 heavy (non-hydrogen) atoms. The standard InChI is InChI=1S/C23H23BrN2O3S2/c1-3-4-11-26-22(28)20(31-23(26)30)13-16-5-8-18(9-6-16)29-14-21(27)25-17-7-10-19(24)15(2)12-17/h5-10,12-13H,3-4,11,14H2,1-2H3,(H,25,27)/b20-13-. The molecule has 5 nitrogen and oxygen atoms in total. The Labute approximate surface area is 200 Å². The Morgan fingerprint density at radius 3 is 2.68 bits per heavy atom. The maximum absolute atomic E-state index is 12.5. The number of rotatable bonds is 8. The van der Waals surface area contributed by atoms with Crippen LogP contribution in [0, 0.1) is 6.92 Å². The predicted molar refractivity (Wildman–Crippen MR) is 134 cm³/mol. The molecule has 1 aliphatic rings. The molecular weight excluding hydrogens is 496 g/mol. The van der Waals surface area contributed by atoms with Crippen molar-refractivity contribution in [2.24, 2.45) is 0 Å². The second-order valence-corrected chi connectivity index (χ2v) is 9.59. The third-order valence-electron chi connectivity index (χ3n) is 4.60. The van der Waals surface area contributed by atoms with Gasteiger partial charge >= 0.3 is 0 Å². The average molecular weight is 519 g/mol. The van der Waals surface area contributed by atoms with Gasteiger partial charge in [-0.25, -0.2) is 0 Å². The summed E-state index contributed by atoms with van der Waals surface area (Å²) >= 11 is 10.1. The van der Waals surface area contributed by atoms with Crippen LogP contribution in [0.25, 0.3) is 6.08 Å². The van der Waals surface area contributed by atoms with E-state index >= 15 is 0 Å². The average Bonchev–Trinajstić information content (AvgIpc) is 3.01. The van der Waals surface area contributed by atoms with E-state index in [9.17, 15) is 9.59 Å². The fourth-order valence-corrected chi connectivity index (χ4v) is 4.44. The van der Waals surface area contributed by atoms with Gasteiger partial charge in [-0.1, -0.05) is 65.4 Å². The summed E-state index contributed by atoms with van der Waals surface area (Å²) in [6.45, 7) is 4.61. The Morgan fingerprint density at radius 2 is 2.00 bits per heavy atom. The van der Waals surface area contributed by atoms with E-state index in [1.54, 1.807) is 17.0 Å². The molecule has 0 radical (unpaired) electrons. The van der Waals surface area contributed by atoms with E-state index in [0.717, 1.165) is 34.1 Å². The molecule has 0 saturated carbocycles. The minimum absolute atomic E-state index is 0.0383. The number of amides is 2. The van der Waals surface area contributed by atoms with Gasteiger partial charge in [0, 0.05) is 16.7 Å². The highest BCUT2D eigenvalue weighted by Crippen LogP contribution is 2.33. The Hall–Kier alpha value is -2.16. The van der Waals surface area contributed by atoms with E-state index < -0.39 is 0 Å². The number of hydrogen-bond acceptors (Lipinski definition) is 5. The van der Waals surface area contributed by atoms with Crippen LogP contribution in [0.2, 0.25) is 0 Å². The van der Waals surface area contributed by atoms with E-state index in [0.29, 0.717) is 21.5 Å². The summed E-state index contributed by atoms with van der Waals surface area (Å²) in [5, 5.41) is 2.82. The molecule has 1 fully saturated rings. The molecule has 8 heteroatoms. The van der Waals surface area contributed by atoms with Crippen molar-refractivity contribution < 1.29 is 14.3 Å². The molecule has 1 heterocycles. The zero-order valence-corrected chi connectivity index (χ0v) is 20.5. The van der Waals surface area contributed by atoms with E-state index in [2.05, 4.69) is 28.2 Å². The molecule has 2 aromatic rings. The molecule has 0 spiro atoms. The van der Waals surface area contributed by atoms with Gasteiger partial charge < -0.3 is 10.1 Å². The van der Waals surface area contributed by atoms with Crippen LogP contribution >= 0.6 is 39.9 Å². The number of halogens is 1. The number of carbonyl (C=O) groups excluding carboxylic acids is 2. The molecule has 0 bridgehead atoms. The van der Waals surface area contributed by atoms with Crippen molar-refractivity contribution in [1.29, 1.82) is 0 Å². The Bertz CT molecular complexity index is 1020. The summed E-state index contributed by atoms with van der Waals surface area (Å²) < 4.78 is 7.17. The van der Waals surface area contributed by atoms with Gasteiger partial charge in [-0.15, -0.1) is 0 Å². The minimum atomic E-state index is -0.235. The van der Waals surface area contributed by atoms with Crippen LogP contribution in [-0.2, 0) is 9.59 Å². The highest BCUT2D eigenvalue weighted by molar-refractivity contribution is 9.10. The molecule has 3 rings (SSSR count). The van der Waals surface area contributed by atoms with E-state index in [-0.39, 0.29) is 18.4 Å². The summed E-state index contributed by atoms with van der Waals surface area (Å²) in [4.78, 5) is 27.0. The van der Waals surface area contributed by atoms with Gasteiger partial charge in [0.05, 0.1) is 4.91 Å². The highest BCUT2D eigenvalue weighted by Gasteiger charge is 2.31. The van der Waals surface area contributed by atoms with Crippen LogP contribution < -0.4 is 10.1 Å². The first-order valence-electron chi connectivity index (χ1n) is 9.91. The van der Waals surface area contributed by atoms with Crippen molar-refractivity contribution in [2.45, 2.75) is 26.7 Å². The van der Waals surface area contributed by atoms with Gasteiger partial charge in [0.1, 0.15) is 10.1 Å². The molecule has 0 aromatic heterocycles. The fraction of sp³-hybridized carbons (Fsp3) is 0.261. The van der Waals surface area contributed by atoms with Gasteiger partial charge in [0.25, 0.3) is 11.8 Å². The van der Waals surface area contributed by atoms with Gasteiger partial charge in [0.15, 0.2) is 6.61 Å². The second-order valence-electron chi connectivity index (χ2n) is 7.06. The maximum atomic E-state index is 12.5. The first-order valence-corrected chi connectivity index (χ1v) is 11.9. The van der Waals surface area contributed by atoms with Crippen LogP contribution in [0.3, 0.4) is 0 Å². The molecular formula is C23H23BrN2O3S2. The Kier molecular flexibility index (Phi) is 8.28. The summed E-state index contributed by atoms with van der Waals surface area (Å²) in [5.41, 5.74) is 2.63. The van der Waals surface area contributed by atoms with Crippen LogP contribution in [0.15, 0.2) is 51.8 Å². The van der Waals surface area contributed by atoms with Crippen molar-refractivity contribution in [3.8, 4) is 5.75 Å². The number of carbonyl (C=O) groups is 2. The number of thiocarbonyl (C=S) groups is 1. The Balaban J connectivity index is 1.55. The van der Waals surface area contributed by atoms with Crippen LogP contribution in [0.4, 0.5) is 5.69 Å². The van der Waals surface area contributed by atoms with Crippen molar-refractivity contribution in [3.63, 3.8) is 0 Å². The third kappa shape index (κ3) is 6.41. The molecule has 2 aromatic carbocycles. The van der Waals surface area contributed by atoms with E-state index in [1.165, 1.54) is 11.8 Å². The quantitative estimate of drug-likeness (QED) is 0.354. The minimum Gasteiger partial charge on any atom is -0.484 e. The smallest absolute Gasteiger partial charge is 0.266 e. The SMILES string of the molecule is CCCCN1C(=O)/C(=C/c2ccc(OCC(=O)Nc3ccc(Br)c(C)c3)cc2)SC1=S. The van der Waals surface area contributed by atoms with Crippen LogP contribution in [0.5, 0.6) is 5.75 Å². The topological polar surface area (TPSA) is 58.6 Å². The number of ether oxygens (including phenoxy) is 1. The summed E-state index contributed by atoms with van der Waals surface area (Å²) in [6.07, 6.45) is 3.77. The molecule has 0 unspecified atom stereocenters. The number of nitrogens with zero attached hydrogens (tertiary/aromatic N) is 1. The predicted octanol–water partition coefficient (Wildman–Crippen LogP) is 5.78. The Morgan fingerprint density at radius 1 is 1.26 bits per heavy atom. The zero-order valence-electron chi connectivity index (χ0n) is 17.3. The number of thioether (sulfide) groups is 1. The van der Waals surface area contributed by atoms with Crippen LogP contribution in [0.1, 0.15) is 30.9 Å². The lowest BCUT2D eigenvalue weighted by Crippen LogP contribution is -2.28. The number of unbranched alkanes of at least 4 members (excludes halogenated alkanes) is 1. The third-order valence-corrected chi connectivity index (χ3v) is 6.87. The fourth-order valence-electron chi connectivity index (χ4n) is 2.89. The number of hydrogen-bond donors (Lipinski definition) is 1. The molecule has 1 saturated heterocycles. The lowest BCUT2D eigenvalue weighted by molar-refractivity contribution is -0.122. The first-order chi connectivity index (χ1) is 14.9. The molecule has 0 atom stereocenters. The van der Waals surface area contributed by atoms with Crippen molar-refractivity contribution in [1.82, 2.24) is 4.90 Å². The molecule has 1 N–H and O–H groups in total. The number of nitrogens with one attached hydrogen (secondary N) is 1. The first kappa shape index (κ1) is 23.5. The largest absolute Gasteiger partial charge is 0.484 e. The molecule has 0 aliphatic carbocycles. The number of benzene rings is 2. The van der Waals surface area contributed by atoms with E-state index in [4.69, 9.17) is 17.0 Å². The van der Waals surface area contributed by atoms with Crippen molar-refractivity contribution >= 4 is 67.8 Å². The monoisotopic (exact) mass is 518 g/mol. The van der Waals surface area contributed by atoms with Gasteiger partial charge in [-0.3, -0.25) is 14.5 Å². The van der Waals surface area contributed by atoms with Gasteiger partial charge in [-0.2, -0.15) is 0 Å². The maximum Gasteiger partial charge on any atom is 0.266 e. The molecule has 2 amide bonds. The van der Waals surface area contributed by atoms with Crippen molar-refractivity contribution in [2.75, 3.05) is 18.5 Å². The van der Waals surface area contributed by atoms with Crippen LogP contribution in [-0.4, -0.2) is 34.2 Å². The number of anilines is 1. The lowest BCUT2D eigenvalue weighted by Gasteiger charge is -2.13. The summed E-state index contributed by atoms with van der Waals surface area (Å²) in [5.74, 6) is 0.306. The van der Waals surface area contributed by atoms with Crippen molar-refractivity contribution in [3.05, 3.63) is 63.0 Å². The zero-order chi connectivity index (χ0) is 22.4. The lowest BCUT2D eigenvalue weighted by atomic mass is 10.2. The summed E-state index contributed by atoms with van der Waals surface area (Å²) in [6, 6.07) is 12.9. The second kappa shape index (κ2) is 10.9. The number of aryl methyl sites for hydroxylation is 1. The molecule has 162 valence electrons. The molecule has 1 aliphatic heterocycles. The normalized spacial score (nSPS) is 14.9. The van der Waals surface area contributed by atoms with Gasteiger partial charge in [0.2, 0.25) is 0 Å². The van der Waals surface area contributed by atoms with E-state index in [1.807, 2.05) is 43.3 Å². The highest BCUT2D eigenvalue weighted by atomic mass is 79.9. The van der Waals surface area contributed by atoms with Gasteiger partial charge in [-0.05, 0) is 60.9 Å².